The van der Waals surface area contributed by atoms with Crippen LogP contribution in [0, 0.1) is 0 Å². The van der Waals surface area contributed by atoms with Crippen LogP contribution in [0.5, 0.6) is 0 Å². The molecule has 0 atom stereocenters. The van der Waals surface area contributed by atoms with Gasteiger partial charge in [-0.2, -0.15) is 0 Å². The molecule has 0 aliphatic heterocycles. The van der Waals surface area contributed by atoms with Crippen molar-refractivity contribution < 1.29 is 8.42 Å². The minimum atomic E-state index is -3.20. The van der Waals surface area contributed by atoms with E-state index in [0.717, 1.165) is 6.42 Å². The van der Waals surface area contributed by atoms with Crippen LogP contribution in [0.1, 0.15) is 12.8 Å². The van der Waals surface area contributed by atoms with Gasteiger partial charge in [0.1, 0.15) is 0 Å². The highest BCUT2D eigenvalue weighted by Crippen LogP contribution is 2.23. The van der Waals surface area contributed by atoms with Crippen molar-refractivity contribution in [2.75, 3.05) is 11.6 Å². The summed E-state index contributed by atoms with van der Waals surface area (Å²) in [5.41, 5.74) is 0. The molecule has 5 heteroatoms. The summed E-state index contributed by atoms with van der Waals surface area (Å²) in [4.78, 5) is 0.310. The van der Waals surface area contributed by atoms with Gasteiger partial charge in [-0.1, -0.05) is 17.7 Å². The van der Waals surface area contributed by atoms with Crippen LogP contribution in [0.25, 0.3) is 0 Å². The molecule has 0 radical (unpaired) electrons. The topological polar surface area (TPSA) is 34.1 Å². The van der Waals surface area contributed by atoms with Gasteiger partial charge in [0.25, 0.3) is 0 Å². The summed E-state index contributed by atoms with van der Waals surface area (Å²) >= 11 is 11.1. The first kappa shape index (κ1) is 11.1. The van der Waals surface area contributed by atoms with E-state index in [9.17, 15) is 8.42 Å². The zero-order chi connectivity index (χ0) is 9.90. The molecule has 74 valence electrons. The van der Waals surface area contributed by atoms with Crippen molar-refractivity contribution in [3.05, 3.63) is 22.1 Å². The second-order valence-electron chi connectivity index (χ2n) is 2.74. The van der Waals surface area contributed by atoms with Crippen LogP contribution in [0.4, 0.5) is 0 Å². The summed E-state index contributed by atoms with van der Waals surface area (Å²) in [7, 11) is -3.20. The molecule has 0 unspecified atom stereocenters. The van der Waals surface area contributed by atoms with Crippen LogP contribution in [-0.4, -0.2) is 20.1 Å². The Bertz CT molecular complexity index is 341. The van der Waals surface area contributed by atoms with E-state index in [1.54, 1.807) is 6.08 Å². The molecule has 0 saturated heterocycles. The van der Waals surface area contributed by atoms with Crippen molar-refractivity contribution in [3.8, 4) is 0 Å². The Labute approximate surface area is 88.1 Å². The predicted molar refractivity (Wildman–Crippen MR) is 55.8 cm³/mol. The molecule has 0 aromatic carbocycles. The van der Waals surface area contributed by atoms with E-state index in [4.69, 9.17) is 23.2 Å². The van der Waals surface area contributed by atoms with Gasteiger partial charge in [-0.25, -0.2) is 8.42 Å². The SMILES string of the molecule is O=S(=O)(CCCl)C1=CCCC(Cl)=C1. The van der Waals surface area contributed by atoms with E-state index < -0.39 is 9.84 Å². The third-order valence-electron chi connectivity index (χ3n) is 1.73. The molecular formula is C8H10Cl2O2S. The number of allylic oxidation sites excluding steroid dienone is 3. The van der Waals surface area contributed by atoms with Crippen molar-refractivity contribution in [3.63, 3.8) is 0 Å². The van der Waals surface area contributed by atoms with Crippen molar-refractivity contribution in [2.45, 2.75) is 12.8 Å². The second-order valence-corrected chi connectivity index (χ2v) is 5.72. The normalized spacial score (nSPS) is 18.0. The lowest BCUT2D eigenvalue weighted by molar-refractivity contribution is 0.604. The molecule has 0 heterocycles. The fourth-order valence-electron chi connectivity index (χ4n) is 1.07. The quantitative estimate of drug-likeness (QED) is 0.711. The number of hydrogen-bond acceptors (Lipinski definition) is 2. The van der Waals surface area contributed by atoms with Gasteiger partial charge in [-0.3, -0.25) is 0 Å². The van der Waals surface area contributed by atoms with Gasteiger partial charge >= 0.3 is 0 Å². The van der Waals surface area contributed by atoms with Gasteiger partial charge in [-0.05, 0) is 18.9 Å². The second kappa shape index (κ2) is 4.49. The van der Waals surface area contributed by atoms with Gasteiger partial charge < -0.3 is 0 Å². The number of rotatable bonds is 3. The molecule has 0 aromatic heterocycles. The third kappa shape index (κ3) is 3.01. The summed E-state index contributed by atoms with van der Waals surface area (Å²) in [6.07, 6.45) is 4.61. The summed E-state index contributed by atoms with van der Waals surface area (Å²) in [5.74, 6) is 0.0895. The lowest BCUT2D eigenvalue weighted by Gasteiger charge is -2.09. The maximum absolute atomic E-state index is 11.5. The number of hydrogen-bond donors (Lipinski definition) is 0. The highest BCUT2D eigenvalue weighted by atomic mass is 35.5. The first-order valence-corrected chi connectivity index (χ1v) is 6.47. The molecule has 1 aliphatic carbocycles. The van der Waals surface area contributed by atoms with Crippen LogP contribution < -0.4 is 0 Å². The highest BCUT2D eigenvalue weighted by Gasteiger charge is 2.17. The lowest BCUT2D eigenvalue weighted by atomic mass is 10.2. The number of alkyl halides is 1. The molecule has 0 bridgehead atoms. The Morgan fingerprint density at radius 1 is 1.46 bits per heavy atom. The van der Waals surface area contributed by atoms with Crippen LogP contribution in [0.3, 0.4) is 0 Å². The maximum atomic E-state index is 11.5. The van der Waals surface area contributed by atoms with Crippen LogP contribution in [0.15, 0.2) is 22.1 Å². The average Bonchev–Trinajstić information content (AvgIpc) is 2.04. The number of sulfone groups is 1. The Balaban J connectivity index is 2.90. The van der Waals surface area contributed by atoms with E-state index in [1.807, 2.05) is 0 Å². The Hall–Kier alpha value is 0.01000. The van der Waals surface area contributed by atoms with Crippen molar-refractivity contribution >= 4 is 33.0 Å². The molecule has 0 spiro atoms. The van der Waals surface area contributed by atoms with Gasteiger partial charge in [0.05, 0.1) is 10.7 Å². The van der Waals surface area contributed by atoms with E-state index in [2.05, 4.69) is 0 Å². The zero-order valence-electron chi connectivity index (χ0n) is 6.96. The van der Waals surface area contributed by atoms with Gasteiger partial charge in [0, 0.05) is 10.9 Å². The minimum Gasteiger partial charge on any atom is -0.224 e. The van der Waals surface area contributed by atoms with Gasteiger partial charge in [-0.15, -0.1) is 11.6 Å². The summed E-state index contributed by atoms with van der Waals surface area (Å²) in [6, 6.07) is 0. The fraction of sp³-hybridized carbons (Fsp3) is 0.500. The van der Waals surface area contributed by atoms with Crippen molar-refractivity contribution in [1.82, 2.24) is 0 Å². The smallest absolute Gasteiger partial charge is 0.179 e. The van der Waals surface area contributed by atoms with Crippen LogP contribution in [-0.2, 0) is 9.84 Å². The van der Waals surface area contributed by atoms with Crippen LogP contribution >= 0.6 is 23.2 Å². The standard InChI is InChI=1S/C8H10Cl2O2S/c9-4-5-13(11,12)8-3-1-2-7(10)6-8/h3,6H,1-2,4-5H2. The molecule has 0 fully saturated rings. The minimum absolute atomic E-state index is 0.0267. The average molecular weight is 241 g/mol. The lowest BCUT2D eigenvalue weighted by Crippen LogP contribution is -2.10. The molecule has 13 heavy (non-hydrogen) atoms. The highest BCUT2D eigenvalue weighted by molar-refractivity contribution is 7.95. The molecule has 0 saturated carbocycles. The van der Waals surface area contributed by atoms with E-state index in [-0.39, 0.29) is 11.6 Å². The van der Waals surface area contributed by atoms with Crippen molar-refractivity contribution in [1.29, 1.82) is 0 Å². The van der Waals surface area contributed by atoms with Crippen LogP contribution in [0.2, 0.25) is 0 Å². The number of halogens is 2. The Morgan fingerprint density at radius 3 is 2.69 bits per heavy atom. The Kier molecular flexibility index (Phi) is 3.83. The third-order valence-corrected chi connectivity index (χ3v) is 4.19. The first-order valence-electron chi connectivity index (χ1n) is 3.91. The van der Waals surface area contributed by atoms with E-state index >= 15 is 0 Å². The fourth-order valence-corrected chi connectivity index (χ4v) is 3.11. The first-order chi connectivity index (χ1) is 6.06. The largest absolute Gasteiger partial charge is 0.224 e. The molecular weight excluding hydrogens is 231 g/mol. The summed E-state index contributed by atoms with van der Waals surface area (Å²) < 4.78 is 23.0. The molecule has 1 aliphatic rings. The Morgan fingerprint density at radius 2 is 2.15 bits per heavy atom. The molecule has 2 nitrogen and oxygen atoms in total. The maximum Gasteiger partial charge on any atom is 0.179 e. The molecule has 0 amide bonds. The monoisotopic (exact) mass is 240 g/mol. The summed E-state index contributed by atoms with van der Waals surface area (Å²) in [6.45, 7) is 0. The van der Waals surface area contributed by atoms with Gasteiger partial charge in [0.15, 0.2) is 9.84 Å². The summed E-state index contributed by atoms with van der Waals surface area (Å²) in [5, 5.41) is 0.593. The molecule has 0 aromatic rings. The zero-order valence-corrected chi connectivity index (χ0v) is 9.29. The predicted octanol–water partition coefficient (Wildman–Crippen LogP) is 2.44. The van der Waals surface area contributed by atoms with Gasteiger partial charge in [0.2, 0.25) is 0 Å². The molecule has 1 rings (SSSR count). The van der Waals surface area contributed by atoms with E-state index in [1.165, 1.54) is 6.08 Å². The van der Waals surface area contributed by atoms with Crippen molar-refractivity contribution in [2.24, 2.45) is 0 Å². The molecule has 0 N–H and O–H groups in total. The van der Waals surface area contributed by atoms with E-state index in [0.29, 0.717) is 16.4 Å².